The minimum atomic E-state index is 0.566. The average Bonchev–Trinajstić information content (AvgIpc) is 3.69. The van der Waals surface area contributed by atoms with Gasteiger partial charge in [-0.2, -0.15) is 0 Å². The van der Waals surface area contributed by atoms with Gasteiger partial charge in [0.1, 0.15) is 5.52 Å². The van der Waals surface area contributed by atoms with Crippen molar-refractivity contribution in [3.8, 4) is 56.0 Å². The average molecular weight is 702 g/mol. The zero-order chi connectivity index (χ0) is 37.9. The van der Waals surface area contributed by atoms with Crippen molar-refractivity contribution in [3.05, 3.63) is 200 Å². The van der Waals surface area contributed by atoms with Gasteiger partial charge in [0, 0.05) is 11.1 Å². The van der Waals surface area contributed by atoms with Gasteiger partial charge in [-0.05, 0) is 117 Å². The van der Waals surface area contributed by atoms with Crippen LogP contribution in [0, 0.1) is 0 Å². The third-order valence-corrected chi connectivity index (χ3v) is 9.29. The number of rotatable bonds is 11. The third-order valence-electron chi connectivity index (χ3n) is 9.29. The monoisotopic (exact) mass is 701 g/mol. The molecule has 266 valence electrons. The van der Waals surface area contributed by atoms with Gasteiger partial charge in [0.2, 0.25) is 5.89 Å². The minimum Gasteiger partial charge on any atom is -0.436 e. The molecule has 0 aliphatic carbocycles. The van der Waals surface area contributed by atoms with E-state index in [0.29, 0.717) is 5.89 Å². The van der Waals surface area contributed by atoms with Crippen LogP contribution < -0.4 is 0 Å². The van der Waals surface area contributed by atoms with E-state index in [2.05, 4.69) is 173 Å². The maximum Gasteiger partial charge on any atom is 0.227 e. The van der Waals surface area contributed by atoms with Crippen LogP contribution in [0.4, 0.5) is 0 Å². The SMILES string of the molecule is C=C/C=C\C(=C/C)c1cc(/C(C=C)=C/CC)cc(-c2nc3c(-c4cccc(-c5ccccc5)c4)cc(-c4cccc(-c5ccccc5)c4)cc3o2)c1.CC. The van der Waals surface area contributed by atoms with E-state index >= 15 is 0 Å². The number of hydrogen-bond acceptors (Lipinski definition) is 2. The molecule has 6 aromatic carbocycles. The Morgan fingerprint density at radius 2 is 1.15 bits per heavy atom. The zero-order valence-corrected chi connectivity index (χ0v) is 31.7. The Morgan fingerprint density at radius 3 is 1.72 bits per heavy atom. The van der Waals surface area contributed by atoms with Crippen LogP contribution in [0.3, 0.4) is 0 Å². The van der Waals surface area contributed by atoms with Gasteiger partial charge in [0.25, 0.3) is 0 Å². The molecule has 0 radical (unpaired) electrons. The smallest absolute Gasteiger partial charge is 0.227 e. The lowest BCUT2D eigenvalue weighted by Gasteiger charge is -2.10. The molecular formula is C52H47NO. The van der Waals surface area contributed by atoms with Crippen LogP contribution in [0.25, 0.3) is 78.2 Å². The molecule has 0 atom stereocenters. The molecule has 0 fully saturated rings. The number of oxazole rings is 1. The molecule has 0 N–H and O–H groups in total. The van der Waals surface area contributed by atoms with Gasteiger partial charge < -0.3 is 4.42 Å². The summed E-state index contributed by atoms with van der Waals surface area (Å²) < 4.78 is 6.78. The highest BCUT2D eigenvalue weighted by Gasteiger charge is 2.18. The van der Waals surface area contributed by atoms with Gasteiger partial charge in [-0.15, -0.1) is 0 Å². The molecule has 0 saturated carbocycles. The molecular weight excluding hydrogens is 655 g/mol. The van der Waals surface area contributed by atoms with Gasteiger partial charge in [-0.25, -0.2) is 4.98 Å². The van der Waals surface area contributed by atoms with Crippen LogP contribution >= 0.6 is 0 Å². The highest BCUT2D eigenvalue weighted by Crippen LogP contribution is 2.39. The van der Waals surface area contributed by atoms with E-state index in [0.717, 1.165) is 78.7 Å². The van der Waals surface area contributed by atoms with Crippen molar-refractivity contribution in [1.82, 2.24) is 4.98 Å². The lowest BCUT2D eigenvalue weighted by atomic mass is 9.94. The summed E-state index contributed by atoms with van der Waals surface area (Å²) >= 11 is 0. The maximum atomic E-state index is 6.78. The van der Waals surface area contributed by atoms with Crippen LogP contribution in [0.2, 0.25) is 0 Å². The summed E-state index contributed by atoms with van der Waals surface area (Å²) in [6, 6.07) is 49.3. The molecule has 0 saturated heterocycles. The normalized spacial score (nSPS) is 11.7. The molecule has 1 heterocycles. The lowest BCUT2D eigenvalue weighted by Crippen LogP contribution is -1.90. The van der Waals surface area contributed by atoms with Crippen molar-refractivity contribution in [2.45, 2.75) is 34.1 Å². The first kappa shape index (κ1) is 37.3. The predicted molar refractivity (Wildman–Crippen MR) is 234 cm³/mol. The van der Waals surface area contributed by atoms with Crippen molar-refractivity contribution < 1.29 is 4.42 Å². The summed E-state index contributed by atoms with van der Waals surface area (Å²) in [6.07, 6.45) is 13.0. The van der Waals surface area contributed by atoms with E-state index in [9.17, 15) is 0 Å². The van der Waals surface area contributed by atoms with Gasteiger partial charge in [-0.3, -0.25) is 0 Å². The fraction of sp³-hybridized carbons (Fsp3) is 0.0962. The fourth-order valence-corrected chi connectivity index (χ4v) is 6.70. The molecule has 0 aliphatic rings. The molecule has 2 heteroatoms. The lowest BCUT2D eigenvalue weighted by molar-refractivity contribution is 0.620. The topological polar surface area (TPSA) is 26.0 Å². The molecule has 0 bridgehead atoms. The highest BCUT2D eigenvalue weighted by molar-refractivity contribution is 5.97. The second-order valence-corrected chi connectivity index (χ2v) is 12.7. The molecule has 7 rings (SSSR count). The van der Waals surface area contributed by atoms with Crippen molar-refractivity contribution in [2.75, 3.05) is 0 Å². The van der Waals surface area contributed by atoms with Crippen molar-refractivity contribution in [3.63, 3.8) is 0 Å². The Hall–Kier alpha value is -6.51. The van der Waals surface area contributed by atoms with E-state index < -0.39 is 0 Å². The Labute approximate surface area is 320 Å². The quantitative estimate of drug-likeness (QED) is 0.126. The first-order valence-electron chi connectivity index (χ1n) is 18.8. The summed E-state index contributed by atoms with van der Waals surface area (Å²) in [4.78, 5) is 5.26. The standard InChI is InChI=1S/C50H41NO.C2H6/c1-5-9-19-36(8-4)44-30-43(35(7-3)18-6-2)31-46(32-44)50-51-49-47(42-27-17-25-40(29-42)38-22-14-11-15-23-38)33-45(34-48(49)52-50)41-26-16-24-39(28-41)37-20-12-10-13-21-37;1-2/h5,7-34H,1,3,6H2,2,4H3;1-2H3/b19-9-,35-18+,36-8+;. The number of benzene rings is 6. The Kier molecular flexibility index (Phi) is 12.3. The van der Waals surface area contributed by atoms with Gasteiger partial charge >= 0.3 is 0 Å². The molecule has 1 aromatic heterocycles. The van der Waals surface area contributed by atoms with Gasteiger partial charge in [0.15, 0.2) is 5.58 Å². The van der Waals surface area contributed by atoms with Crippen molar-refractivity contribution in [2.24, 2.45) is 0 Å². The zero-order valence-electron chi connectivity index (χ0n) is 31.7. The first-order valence-corrected chi connectivity index (χ1v) is 18.8. The van der Waals surface area contributed by atoms with Crippen LogP contribution in [0.15, 0.2) is 194 Å². The van der Waals surface area contributed by atoms with E-state index in [1.165, 1.54) is 11.1 Å². The van der Waals surface area contributed by atoms with Crippen molar-refractivity contribution >= 4 is 22.2 Å². The van der Waals surface area contributed by atoms with Gasteiger partial charge in [-0.1, -0.05) is 167 Å². The molecule has 0 amide bonds. The third kappa shape index (κ3) is 8.25. The van der Waals surface area contributed by atoms with E-state index in [1.807, 2.05) is 38.1 Å². The minimum absolute atomic E-state index is 0.566. The summed E-state index contributed by atoms with van der Waals surface area (Å²) in [5.41, 5.74) is 15.7. The van der Waals surface area contributed by atoms with Crippen LogP contribution in [-0.2, 0) is 0 Å². The second kappa shape index (κ2) is 17.8. The summed E-state index contributed by atoms with van der Waals surface area (Å²) in [7, 11) is 0. The summed E-state index contributed by atoms with van der Waals surface area (Å²) in [5, 5.41) is 0. The van der Waals surface area contributed by atoms with Gasteiger partial charge in [0.05, 0.1) is 0 Å². The number of nitrogens with zero attached hydrogens (tertiary/aromatic N) is 1. The van der Waals surface area contributed by atoms with E-state index in [1.54, 1.807) is 6.08 Å². The predicted octanol–water partition coefficient (Wildman–Crippen LogP) is 15.3. The molecule has 0 spiro atoms. The molecule has 7 aromatic rings. The largest absolute Gasteiger partial charge is 0.436 e. The number of allylic oxidation sites excluding steroid dienone is 8. The Bertz CT molecular complexity index is 2470. The Balaban J connectivity index is 0.00000245. The van der Waals surface area contributed by atoms with Crippen LogP contribution in [0.5, 0.6) is 0 Å². The van der Waals surface area contributed by atoms with Crippen LogP contribution in [-0.4, -0.2) is 4.98 Å². The summed E-state index contributed by atoms with van der Waals surface area (Å²) in [6.45, 7) is 16.2. The molecule has 0 unspecified atom stereocenters. The summed E-state index contributed by atoms with van der Waals surface area (Å²) in [5.74, 6) is 0.566. The van der Waals surface area contributed by atoms with E-state index in [-0.39, 0.29) is 0 Å². The van der Waals surface area contributed by atoms with Crippen molar-refractivity contribution in [1.29, 1.82) is 0 Å². The Morgan fingerprint density at radius 1 is 0.593 bits per heavy atom. The number of hydrogen-bond donors (Lipinski definition) is 0. The number of aromatic nitrogens is 1. The highest BCUT2D eigenvalue weighted by atomic mass is 16.3. The van der Waals surface area contributed by atoms with Crippen LogP contribution in [0.1, 0.15) is 45.2 Å². The maximum absolute atomic E-state index is 6.78. The molecule has 2 nitrogen and oxygen atoms in total. The number of fused-ring (bicyclic) bond motifs is 1. The molecule has 0 aliphatic heterocycles. The fourth-order valence-electron chi connectivity index (χ4n) is 6.70. The van der Waals surface area contributed by atoms with E-state index in [4.69, 9.17) is 9.40 Å². The second-order valence-electron chi connectivity index (χ2n) is 12.7. The molecule has 54 heavy (non-hydrogen) atoms. The first-order chi connectivity index (χ1) is 26.6.